The van der Waals surface area contributed by atoms with Gasteiger partial charge in [-0.15, -0.1) is 0 Å². The van der Waals surface area contributed by atoms with E-state index in [4.69, 9.17) is 0 Å². The van der Waals surface area contributed by atoms with Crippen molar-refractivity contribution in [3.05, 3.63) is 40.4 Å². The summed E-state index contributed by atoms with van der Waals surface area (Å²) in [6.45, 7) is 1.95. The van der Waals surface area contributed by atoms with Gasteiger partial charge >= 0.3 is 0 Å². The maximum Gasteiger partial charge on any atom is 0.261 e. The summed E-state index contributed by atoms with van der Waals surface area (Å²) in [5, 5.41) is 3.42. The van der Waals surface area contributed by atoms with Crippen molar-refractivity contribution in [1.29, 1.82) is 0 Å². The normalized spacial score (nSPS) is 14.6. The molecule has 0 unspecified atom stereocenters. The Labute approximate surface area is 110 Å². The molecule has 98 valence electrons. The van der Waals surface area contributed by atoms with Crippen LogP contribution in [0.1, 0.15) is 18.4 Å². The number of carbonyl (C=O) groups is 1. The molecular formula is C14H15N3O2. The van der Waals surface area contributed by atoms with E-state index in [2.05, 4.69) is 10.3 Å². The second-order valence-electron chi connectivity index (χ2n) is 4.99. The molecule has 1 amide bonds. The zero-order valence-electron chi connectivity index (χ0n) is 10.7. The number of nitrogens with one attached hydrogen (secondary N) is 1. The molecule has 3 rings (SSSR count). The Morgan fingerprint density at radius 2 is 2.26 bits per heavy atom. The fourth-order valence-corrected chi connectivity index (χ4v) is 2.11. The van der Waals surface area contributed by atoms with Gasteiger partial charge in [0.2, 0.25) is 5.91 Å². The number of aromatic nitrogens is 2. The Bertz CT molecular complexity index is 701. The van der Waals surface area contributed by atoms with Crippen LogP contribution in [0, 0.1) is 6.92 Å². The Hall–Kier alpha value is -2.17. The van der Waals surface area contributed by atoms with E-state index in [0.29, 0.717) is 16.9 Å². The summed E-state index contributed by atoms with van der Waals surface area (Å²) >= 11 is 0. The molecule has 0 radical (unpaired) electrons. The number of para-hydroxylation sites is 1. The average molecular weight is 257 g/mol. The minimum Gasteiger partial charge on any atom is -0.352 e. The first-order chi connectivity index (χ1) is 9.15. The van der Waals surface area contributed by atoms with Gasteiger partial charge in [-0.05, 0) is 31.4 Å². The monoisotopic (exact) mass is 257 g/mol. The van der Waals surface area contributed by atoms with E-state index in [9.17, 15) is 9.59 Å². The van der Waals surface area contributed by atoms with Crippen LogP contribution in [-0.4, -0.2) is 21.5 Å². The van der Waals surface area contributed by atoms with Gasteiger partial charge in [0, 0.05) is 6.04 Å². The lowest BCUT2D eigenvalue weighted by Crippen LogP contribution is -2.33. The molecule has 1 aliphatic rings. The van der Waals surface area contributed by atoms with Crippen molar-refractivity contribution in [3.63, 3.8) is 0 Å². The highest BCUT2D eigenvalue weighted by Crippen LogP contribution is 2.18. The number of amides is 1. The van der Waals surface area contributed by atoms with Crippen molar-refractivity contribution < 1.29 is 4.79 Å². The van der Waals surface area contributed by atoms with Crippen LogP contribution < -0.4 is 10.9 Å². The molecule has 1 fully saturated rings. The first-order valence-corrected chi connectivity index (χ1v) is 6.39. The predicted molar refractivity (Wildman–Crippen MR) is 71.9 cm³/mol. The van der Waals surface area contributed by atoms with Gasteiger partial charge in [-0.2, -0.15) is 0 Å². The zero-order valence-corrected chi connectivity index (χ0v) is 10.7. The summed E-state index contributed by atoms with van der Waals surface area (Å²) in [5.41, 5.74) is 1.50. The molecule has 0 bridgehead atoms. The van der Waals surface area contributed by atoms with Crippen LogP contribution in [0.2, 0.25) is 0 Å². The lowest BCUT2D eigenvalue weighted by atomic mass is 10.1. The van der Waals surface area contributed by atoms with Gasteiger partial charge in [0.05, 0.1) is 17.2 Å². The van der Waals surface area contributed by atoms with E-state index in [1.54, 1.807) is 6.07 Å². The van der Waals surface area contributed by atoms with Crippen LogP contribution in [0.5, 0.6) is 0 Å². The van der Waals surface area contributed by atoms with E-state index in [-0.39, 0.29) is 18.0 Å². The highest BCUT2D eigenvalue weighted by molar-refractivity contribution is 5.81. The summed E-state index contributed by atoms with van der Waals surface area (Å²) in [4.78, 5) is 28.3. The maximum atomic E-state index is 12.3. The van der Waals surface area contributed by atoms with Gasteiger partial charge in [0.15, 0.2) is 0 Å². The first kappa shape index (κ1) is 11.9. The van der Waals surface area contributed by atoms with E-state index in [0.717, 1.165) is 18.4 Å². The highest BCUT2D eigenvalue weighted by Gasteiger charge is 2.23. The lowest BCUT2D eigenvalue weighted by molar-refractivity contribution is -0.121. The Morgan fingerprint density at radius 3 is 3.00 bits per heavy atom. The number of fused-ring (bicyclic) bond motifs is 1. The standard InChI is InChI=1S/C14H15N3O2/c1-9-3-2-4-11-13(9)15-8-17(14(11)19)7-12(18)16-10-5-6-10/h2-4,8,10H,5-7H2,1H3,(H,16,18). The molecule has 1 heterocycles. The molecule has 0 saturated heterocycles. The third kappa shape index (κ3) is 2.36. The highest BCUT2D eigenvalue weighted by atomic mass is 16.2. The molecule has 1 aromatic carbocycles. The number of aryl methyl sites for hydroxylation is 1. The smallest absolute Gasteiger partial charge is 0.261 e. The molecule has 1 aromatic heterocycles. The van der Waals surface area contributed by atoms with Gasteiger partial charge in [-0.25, -0.2) is 4.98 Å². The van der Waals surface area contributed by atoms with Gasteiger partial charge in [0.1, 0.15) is 6.54 Å². The molecule has 2 aromatic rings. The van der Waals surface area contributed by atoms with Crippen molar-refractivity contribution >= 4 is 16.8 Å². The minimum atomic E-state index is -0.167. The summed E-state index contributed by atoms with van der Waals surface area (Å²) < 4.78 is 1.36. The van der Waals surface area contributed by atoms with Crippen LogP contribution in [-0.2, 0) is 11.3 Å². The third-order valence-electron chi connectivity index (χ3n) is 3.31. The maximum absolute atomic E-state index is 12.3. The van der Waals surface area contributed by atoms with Gasteiger partial charge in [0.25, 0.3) is 5.56 Å². The fraction of sp³-hybridized carbons (Fsp3) is 0.357. The van der Waals surface area contributed by atoms with Crippen molar-refractivity contribution in [2.24, 2.45) is 0 Å². The molecule has 0 aliphatic heterocycles. The molecular weight excluding hydrogens is 242 g/mol. The number of benzene rings is 1. The lowest BCUT2D eigenvalue weighted by Gasteiger charge is -2.08. The van der Waals surface area contributed by atoms with Crippen LogP contribution in [0.25, 0.3) is 10.9 Å². The summed E-state index contributed by atoms with van der Waals surface area (Å²) in [7, 11) is 0. The second kappa shape index (κ2) is 4.50. The minimum absolute atomic E-state index is 0.0339. The average Bonchev–Trinajstić information content (AvgIpc) is 3.17. The molecule has 1 aliphatic carbocycles. The number of carbonyl (C=O) groups excluding carboxylic acids is 1. The Balaban J connectivity index is 1.93. The third-order valence-corrected chi connectivity index (χ3v) is 3.31. The quantitative estimate of drug-likeness (QED) is 0.891. The van der Waals surface area contributed by atoms with E-state index < -0.39 is 0 Å². The number of rotatable bonds is 3. The van der Waals surface area contributed by atoms with Gasteiger partial charge in [-0.1, -0.05) is 12.1 Å². The van der Waals surface area contributed by atoms with E-state index in [1.807, 2.05) is 19.1 Å². The van der Waals surface area contributed by atoms with Crippen molar-refractivity contribution in [2.75, 3.05) is 0 Å². The predicted octanol–water partition coefficient (Wildman–Crippen LogP) is 0.984. The molecule has 0 spiro atoms. The van der Waals surface area contributed by atoms with Gasteiger partial charge < -0.3 is 5.32 Å². The molecule has 1 N–H and O–H groups in total. The Kier molecular flexibility index (Phi) is 2.81. The number of hydrogen-bond acceptors (Lipinski definition) is 3. The van der Waals surface area contributed by atoms with Crippen molar-refractivity contribution in [3.8, 4) is 0 Å². The largest absolute Gasteiger partial charge is 0.352 e. The van der Waals surface area contributed by atoms with Crippen molar-refractivity contribution in [2.45, 2.75) is 32.4 Å². The van der Waals surface area contributed by atoms with Gasteiger partial charge in [-0.3, -0.25) is 14.2 Å². The molecule has 5 nitrogen and oxygen atoms in total. The zero-order chi connectivity index (χ0) is 13.4. The molecule has 5 heteroatoms. The summed E-state index contributed by atoms with van der Waals surface area (Å²) in [6.07, 6.45) is 3.52. The number of hydrogen-bond donors (Lipinski definition) is 1. The Morgan fingerprint density at radius 1 is 1.47 bits per heavy atom. The van der Waals surface area contributed by atoms with Crippen molar-refractivity contribution in [1.82, 2.24) is 14.9 Å². The number of nitrogens with zero attached hydrogens (tertiary/aromatic N) is 2. The van der Waals surface area contributed by atoms with Crippen LogP contribution >= 0.6 is 0 Å². The van der Waals surface area contributed by atoms with E-state index in [1.165, 1.54) is 10.9 Å². The topological polar surface area (TPSA) is 64.0 Å². The fourth-order valence-electron chi connectivity index (χ4n) is 2.11. The van der Waals surface area contributed by atoms with E-state index >= 15 is 0 Å². The first-order valence-electron chi connectivity index (χ1n) is 6.39. The van der Waals surface area contributed by atoms with Crippen LogP contribution in [0.15, 0.2) is 29.3 Å². The summed E-state index contributed by atoms with van der Waals surface area (Å²) in [5.74, 6) is -0.126. The summed E-state index contributed by atoms with van der Waals surface area (Å²) in [6, 6.07) is 5.79. The second-order valence-corrected chi connectivity index (χ2v) is 4.99. The molecule has 0 atom stereocenters. The van der Waals surface area contributed by atoms with Crippen LogP contribution in [0.4, 0.5) is 0 Å². The SMILES string of the molecule is Cc1cccc2c(=O)n(CC(=O)NC3CC3)cnc12. The van der Waals surface area contributed by atoms with Crippen LogP contribution in [0.3, 0.4) is 0 Å². The molecule has 1 saturated carbocycles. The molecule has 19 heavy (non-hydrogen) atoms.